The van der Waals surface area contributed by atoms with Crippen LogP contribution >= 0.6 is 11.8 Å². The Morgan fingerprint density at radius 1 is 1.28 bits per heavy atom. The van der Waals surface area contributed by atoms with Crippen LogP contribution in [0.4, 0.5) is 14.5 Å². The van der Waals surface area contributed by atoms with Gasteiger partial charge in [-0.25, -0.2) is 8.78 Å². The largest absolute Gasteiger partial charge is 0.392 e. The van der Waals surface area contributed by atoms with E-state index < -0.39 is 22.9 Å². The lowest BCUT2D eigenvalue weighted by Crippen LogP contribution is -2.32. The third-order valence-corrected chi connectivity index (χ3v) is 6.90. The van der Waals surface area contributed by atoms with Gasteiger partial charge in [0, 0.05) is 13.1 Å². The zero-order valence-corrected chi connectivity index (χ0v) is 18.6. The zero-order valence-electron chi connectivity index (χ0n) is 17.8. The van der Waals surface area contributed by atoms with E-state index >= 15 is 0 Å². The topological polar surface area (TPSA) is 125 Å². The first-order valence-corrected chi connectivity index (χ1v) is 11.2. The molecule has 8 nitrogen and oxygen atoms in total. The molecule has 0 bridgehead atoms. The highest BCUT2D eigenvalue weighted by Gasteiger charge is 2.42. The number of halogens is 2. The highest BCUT2D eigenvalue weighted by molar-refractivity contribution is 8.03. The fraction of sp³-hybridized carbons (Fsp3) is 0.429. The number of primary amides is 1. The molecule has 1 saturated heterocycles. The van der Waals surface area contributed by atoms with Crippen LogP contribution in [0.25, 0.3) is 0 Å². The summed E-state index contributed by atoms with van der Waals surface area (Å²) in [4.78, 5) is 13.8. The van der Waals surface area contributed by atoms with Crippen LogP contribution in [0.2, 0.25) is 0 Å². The first-order valence-electron chi connectivity index (χ1n) is 10.3. The van der Waals surface area contributed by atoms with Gasteiger partial charge < -0.3 is 26.8 Å². The van der Waals surface area contributed by atoms with Crippen molar-refractivity contribution < 1.29 is 18.3 Å². The number of hydrogen-bond acceptors (Lipinski definition) is 7. The van der Waals surface area contributed by atoms with Crippen molar-refractivity contribution in [1.82, 2.24) is 9.78 Å². The summed E-state index contributed by atoms with van der Waals surface area (Å²) in [6.07, 6.45) is 3.13. The number of thioether (sulfide) groups is 1. The molecule has 0 aliphatic carbocycles. The smallest absolute Gasteiger partial charge is 0.268 e. The first kappa shape index (κ1) is 22.6. The summed E-state index contributed by atoms with van der Waals surface area (Å²) >= 11 is 0.961. The summed E-state index contributed by atoms with van der Waals surface area (Å²) < 4.78 is 37.3. The standard InChI is InChI=1S/C21H26F2N6O2S/c1-10-8-11(24)6-7-15(31-10)17-14(9-27-28(17)2)29-18(19(25)30)20(26)32-21(29)16-12(22)4-3-5-13(16)23/h3-5,9-11,15,21H,6-8,24,26H2,1-2H3,(H2,25,30)/t10-,11?,15-,21?/m1/s1. The van der Waals surface area contributed by atoms with Crippen LogP contribution in [0.5, 0.6) is 0 Å². The van der Waals surface area contributed by atoms with E-state index in [1.807, 2.05) is 6.92 Å². The molecule has 172 valence electrons. The molecule has 0 radical (unpaired) electrons. The lowest BCUT2D eigenvalue weighted by molar-refractivity contribution is -0.114. The number of nitrogens with two attached hydrogens (primary N) is 3. The number of amides is 1. The predicted octanol–water partition coefficient (Wildman–Crippen LogP) is 2.52. The number of rotatable bonds is 4. The second-order valence-corrected chi connectivity index (χ2v) is 9.22. The minimum absolute atomic E-state index is 0.00556. The molecule has 2 aliphatic rings. The number of nitrogens with zero attached hydrogens (tertiary/aromatic N) is 3. The molecule has 2 unspecified atom stereocenters. The van der Waals surface area contributed by atoms with Gasteiger partial charge >= 0.3 is 0 Å². The molecule has 2 aromatic rings. The van der Waals surface area contributed by atoms with Crippen LogP contribution in [-0.4, -0.2) is 27.8 Å². The maximum atomic E-state index is 14.7. The van der Waals surface area contributed by atoms with Crippen molar-refractivity contribution in [3.05, 3.63) is 58.0 Å². The van der Waals surface area contributed by atoms with Gasteiger partial charge in [-0.05, 0) is 38.3 Å². The van der Waals surface area contributed by atoms with Crippen molar-refractivity contribution >= 4 is 23.4 Å². The minimum Gasteiger partial charge on any atom is -0.392 e. The summed E-state index contributed by atoms with van der Waals surface area (Å²) in [6.45, 7) is 1.95. The summed E-state index contributed by atoms with van der Waals surface area (Å²) in [6, 6.07) is 3.61. The fourth-order valence-corrected chi connectivity index (χ4v) is 5.61. The lowest BCUT2D eigenvalue weighted by atomic mass is 10.0. The van der Waals surface area contributed by atoms with E-state index in [2.05, 4.69) is 5.10 Å². The summed E-state index contributed by atoms with van der Waals surface area (Å²) in [5, 5.41) is 3.46. The Bertz CT molecular complexity index is 1050. The average Bonchev–Trinajstić information content (AvgIpc) is 3.18. The van der Waals surface area contributed by atoms with Crippen LogP contribution in [0.1, 0.15) is 48.9 Å². The Kier molecular flexibility index (Phi) is 6.15. The van der Waals surface area contributed by atoms with Crippen molar-refractivity contribution in [2.75, 3.05) is 4.90 Å². The van der Waals surface area contributed by atoms with Gasteiger partial charge in [0.25, 0.3) is 5.91 Å². The lowest BCUT2D eigenvalue weighted by Gasteiger charge is -2.30. The number of carbonyl (C=O) groups excluding carboxylic acids is 1. The molecule has 1 amide bonds. The van der Waals surface area contributed by atoms with Gasteiger partial charge in [0.2, 0.25) is 0 Å². The van der Waals surface area contributed by atoms with Crippen molar-refractivity contribution in [3.8, 4) is 0 Å². The van der Waals surface area contributed by atoms with Gasteiger partial charge in [0.05, 0.1) is 34.3 Å². The van der Waals surface area contributed by atoms with E-state index in [1.165, 1.54) is 17.2 Å². The quantitative estimate of drug-likeness (QED) is 0.635. The molecule has 4 atom stereocenters. The van der Waals surface area contributed by atoms with Gasteiger partial charge in [-0.1, -0.05) is 17.8 Å². The third kappa shape index (κ3) is 3.96. The Labute approximate surface area is 188 Å². The monoisotopic (exact) mass is 464 g/mol. The van der Waals surface area contributed by atoms with Gasteiger partial charge in [-0.15, -0.1) is 0 Å². The number of hydrogen-bond donors (Lipinski definition) is 3. The molecule has 3 heterocycles. The normalized spacial score (nSPS) is 26.5. The van der Waals surface area contributed by atoms with Crippen molar-refractivity contribution in [2.24, 2.45) is 24.2 Å². The number of anilines is 1. The Morgan fingerprint density at radius 3 is 2.62 bits per heavy atom. The average molecular weight is 465 g/mol. The Hall–Kier alpha value is -2.63. The van der Waals surface area contributed by atoms with E-state index in [0.717, 1.165) is 30.3 Å². The highest BCUT2D eigenvalue weighted by Crippen LogP contribution is 2.51. The van der Waals surface area contributed by atoms with E-state index in [0.29, 0.717) is 24.2 Å². The van der Waals surface area contributed by atoms with E-state index in [9.17, 15) is 13.6 Å². The summed E-state index contributed by atoms with van der Waals surface area (Å²) in [5.41, 5.74) is 18.8. The van der Waals surface area contributed by atoms with Crippen LogP contribution in [0.3, 0.4) is 0 Å². The molecule has 32 heavy (non-hydrogen) atoms. The van der Waals surface area contributed by atoms with E-state index in [1.54, 1.807) is 11.7 Å². The Balaban J connectivity index is 1.85. The molecule has 11 heteroatoms. The van der Waals surface area contributed by atoms with Crippen LogP contribution in [-0.2, 0) is 16.6 Å². The second-order valence-electron chi connectivity index (χ2n) is 8.10. The Morgan fingerprint density at radius 2 is 1.97 bits per heavy atom. The van der Waals surface area contributed by atoms with Gasteiger partial charge in [0.15, 0.2) is 0 Å². The fourth-order valence-electron chi connectivity index (χ4n) is 4.40. The van der Waals surface area contributed by atoms with Crippen LogP contribution in [0.15, 0.2) is 35.1 Å². The van der Waals surface area contributed by atoms with Crippen molar-refractivity contribution in [1.29, 1.82) is 0 Å². The van der Waals surface area contributed by atoms with Crippen molar-refractivity contribution in [2.45, 2.75) is 49.8 Å². The summed E-state index contributed by atoms with van der Waals surface area (Å²) in [5.74, 6) is -2.30. The van der Waals surface area contributed by atoms with Crippen LogP contribution < -0.4 is 22.1 Å². The van der Waals surface area contributed by atoms with E-state index in [4.69, 9.17) is 21.9 Å². The third-order valence-electron chi connectivity index (χ3n) is 5.79. The van der Waals surface area contributed by atoms with Crippen LogP contribution in [0, 0.1) is 11.6 Å². The van der Waals surface area contributed by atoms with Gasteiger partial charge in [0.1, 0.15) is 28.8 Å². The second kappa shape index (κ2) is 8.72. The molecule has 1 fully saturated rings. The molecular formula is C21H26F2N6O2S. The maximum absolute atomic E-state index is 14.7. The minimum atomic E-state index is -0.980. The molecule has 1 aromatic carbocycles. The number of benzene rings is 1. The molecule has 0 spiro atoms. The molecule has 4 rings (SSSR count). The van der Waals surface area contributed by atoms with Gasteiger partial charge in [-0.3, -0.25) is 9.48 Å². The molecule has 2 aliphatic heterocycles. The molecular weight excluding hydrogens is 438 g/mol. The number of ether oxygens (including phenoxy) is 1. The maximum Gasteiger partial charge on any atom is 0.268 e. The molecule has 1 aromatic heterocycles. The van der Waals surface area contributed by atoms with E-state index in [-0.39, 0.29) is 34.5 Å². The highest BCUT2D eigenvalue weighted by atomic mass is 32.2. The molecule has 6 N–H and O–H groups in total. The zero-order chi connectivity index (χ0) is 23.2. The number of aromatic nitrogens is 2. The summed E-state index contributed by atoms with van der Waals surface area (Å²) in [7, 11) is 1.75. The number of aryl methyl sites for hydroxylation is 1. The first-order chi connectivity index (χ1) is 15.2. The number of carbonyl (C=O) groups is 1. The predicted molar refractivity (Wildman–Crippen MR) is 118 cm³/mol. The van der Waals surface area contributed by atoms with Crippen molar-refractivity contribution in [3.63, 3.8) is 0 Å². The molecule has 0 saturated carbocycles. The SMILES string of the molecule is C[C@@H]1CC(N)CC[C@H](c2c(N3C(C(N)=O)=C(N)SC3c3c(F)cccc3F)cnn2C)O1. The van der Waals surface area contributed by atoms with Gasteiger partial charge in [-0.2, -0.15) is 5.10 Å².